The molecule has 1 aliphatic heterocycles. The Balaban J connectivity index is 1.78. The maximum Gasteiger partial charge on any atom is 0.310 e. The fourth-order valence-corrected chi connectivity index (χ4v) is 4.53. The number of Topliss-reactive ketones (excluding diaryl/α,β-unsaturated/α-hetero) is 1. The first-order valence-electron chi connectivity index (χ1n) is 12.6. The van der Waals surface area contributed by atoms with Gasteiger partial charge in [-0.3, -0.25) is 19.3 Å². The molecule has 3 aromatic carbocycles. The fourth-order valence-electron chi connectivity index (χ4n) is 4.53. The number of benzene rings is 3. The molecule has 0 aromatic heterocycles. The summed E-state index contributed by atoms with van der Waals surface area (Å²) in [5.74, 6) is -1.48. The highest BCUT2D eigenvalue weighted by molar-refractivity contribution is 6.51. The van der Waals surface area contributed by atoms with E-state index >= 15 is 0 Å². The Morgan fingerprint density at radius 3 is 2.29 bits per heavy atom. The maximum atomic E-state index is 13.4. The van der Waals surface area contributed by atoms with Crippen LogP contribution in [0, 0.1) is 6.92 Å². The summed E-state index contributed by atoms with van der Waals surface area (Å²) in [6.45, 7) is 7.80. The number of hydrogen-bond acceptors (Lipinski definition) is 6. The van der Waals surface area contributed by atoms with Crippen LogP contribution in [-0.2, 0) is 25.5 Å². The number of carbonyl (C=O) groups excluding carboxylic acids is 3. The predicted octanol–water partition coefficient (Wildman–Crippen LogP) is 5.51. The average Bonchev–Trinajstić information content (AvgIpc) is 3.14. The second kappa shape index (κ2) is 11.3. The third-order valence-corrected chi connectivity index (χ3v) is 6.17. The number of carbonyl (C=O) groups is 3. The van der Waals surface area contributed by atoms with Crippen LogP contribution < -0.4 is 9.64 Å². The van der Waals surface area contributed by atoms with Crippen molar-refractivity contribution in [2.45, 2.75) is 46.3 Å². The van der Waals surface area contributed by atoms with E-state index < -0.39 is 17.7 Å². The monoisotopic (exact) mass is 513 g/mol. The second-order valence-electron chi connectivity index (χ2n) is 9.42. The van der Waals surface area contributed by atoms with E-state index in [-0.39, 0.29) is 29.8 Å². The van der Waals surface area contributed by atoms with Crippen LogP contribution >= 0.6 is 0 Å². The molecule has 0 bridgehead atoms. The van der Waals surface area contributed by atoms with Gasteiger partial charge in [-0.1, -0.05) is 42.0 Å². The third-order valence-electron chi connectivity index (χ3n) is 6.17. The first kappa shape index (κ1) is 26.7. The van der Waals surface area contributed by atoms with Gasteiger partial charge < -0.3 is 14.6 Å². The molecule has 0 saturated carbocycles. The summed E-state index contributed by atoms with van der Waals surface area (Å²) in [6, 6.07) is 20.3. The topological polar surface area (TPSA) is 93.1 Å². The van der Waals surface area contributed by atoms with Gasteiger partial charge >= 0.3 is 5.97 Å². The molecule has 1 amide bonds. The Hall–Kier alpha value is -4.39. The molecule has 1 unspecified atom stereocenters. The van der Waals surface area contributed by atoms with Gasteiger partial charge in [-0.2, -0.15) is 0 Å². The zero-order chi connectivity index (χ0) is 27.4. The van der Waals surface area contributed by atoms with Crippen LogP contribution in [0.4, 0.5) is 5.69 Å². The number of aliphatic hydroxyl groups is 1. The van der Waals surface area contributed by atoms with E-state index in [1.165, 1.54) is 4.90 Å². The Kier molecular flexibility index (Phi) is 7.96. The summed E-state index contributed by atoms with van der Waals surface area (Å²) in [6.07, 6.45) is 0.0925. The number of rotatable bonds is 8. The van der Waals surface area contributed by atoms with Crippen molar-refractivity contribution in [3.63, 3.8) is 0 Å². The second-order valence-corrected chi connectivity index (χ2v) is 9.42. The van der Waals surface area contributed by atoms with E-state index in [0.717, 1.165) is 11.1 Å². The number of esters is 1. The largest absolute Gasteiger partial charge is 0.507 e. The van der Waals surface area contributed by atoms with Crippen molar-refractivity contribution in [2.24, 2.45) is 0 Å². The highest BCUT2D eigenvalue weighted by Gasteiger charge is 2.47. The lowest BCUT2D eigenvalue weighted by atomic mass is 9.94. The van der Waals surface area contributed by atoms with E-state index in [4.69, 9.17) is 9.47 Å². The molecule has 1 heterocycles. The number of anilines is 1. The molecular weight excluding hydrogens is 482 g/mol. The molecule has 0 radical (unpaired) electrons. The van der Waals surface area contributed by atoms with Gasteiger partial charge in [-0.15, -0.1) is 0 Å². The Morgan fingerprint density at radius 1 is 1.00 bits per heavy atom. The number of hydrogen-bond donors (Lipinski definition) is 1. The van der Waals surface area contributed by atoms with Crippen LogP contribution in [-0.4, -0.2) is 35.5 Å². The van der Waals surface area contributed by atoms with Crippen molar-refractivity contribution in [3.05, 3.63) is 101 Å². The van der Waals surface area contributed by atoms with Crippen molar-refractivity contribution in [1.29, 1.82) is 0 Å². The number of ether oxygens (including phenoxy) is 2. The molecular formula is C31H31NO6. The van der Waals surface area contributed by atoms with Gasteiger partial charge in [0.1, 0.15) is 11.5 Å². The first-order chi connectivity index (χ1) is 18.2. The van der Waals surface area contributed by atoms with Gasteiger partial charge in [-0.25, -0.2) is 0 Å². The number of ketones is 1. The number of nitrogens with zero attached hydrogens (tertiary/aromatic N) is 1. The molecule has 1 atom stereocenters. The Morgan fingerprint density at radius 2 is 1.68 bits per heavy atom. The molecule has 4 rings (SSSR count). The van der Waals surface area contributed by atoms with Gasteiger partial charge in [0.2, 0.25) is 0 Å². The summed E-state index contributed by atoms with van der Waals surface area (Å²) in [5, 5.41) is 11.3. The number of aliphatic hydroxyl groups excluding tert-OH is 1. The van der Waals surface area contributed by atoms with Gasteiger partial charge in [0.05, 0.1) is 30.7 Å². The summed E-state index contributed by atoms with van der Waals surface area (Å²) in [4.78, 5) is 40.0. The highest BCUT2D eigenvalue weighted by atomic mass is 16.5. The van der Waals surface area contributed by atoms with Crippen LogP contribution in [0.5, 0.6) is 5.75 Å². The SMILES string of the molecule is CCOC(=O)Cc1ccc(N2C(=O)C(=O)/C(=C(\O)c3ccc(OC(C)C)cc3)C2c2cccc(C)c2)cc1. The van der Waals surface area contributed by atoms with Crippen molar-refractivity contribution in [2.75, 3.05) is 11.5 Å². The molecule has 1 fully saturated rings. The minimum Gasteiger partial charge on any atom is -0.507 e. The zero-order valence-electron chi connectivity index (χ0n) is 21.9. The molecule has 0 spiro atoms. The van der Waals surface area contributed by atoms with E-state index in [2.05, 4.69) is 0 Å². The fraction of sp³-hybridized carbons (Fsp3) is 0.258. The van der Waals surface area contributed by atoms with E-state index in [9.17, 15) is 19.5 Å². The van der Waals surface area contributed by atoms with Crippen molar-refractivity contribution in [1.82, 2.24) is 0 Å². The quantitative estimate of drug-likeness (QED) is 0.185. The normalized spacial score (nSPS) is 16.7. The summed E-state index contributed by atoms with van der Waals surface area (Å²) >= 11 is 0. The van der Waals surface area contributed by atoms with E-state index in [1.807, 2.05) is 45.0 Å². The molecule has 0 aliphatic carbocycles. The minimum atomic E-state index is -0.836. The number of aryl methyl sites for hydroxylation is 1. The lowest BCUT2D eigenvalue weighted by molar-refractivity contribution is -0.142. The average molecular weight is 514 g/mol. The van der Waals surface area contributed by atoms with Crippen LogP contribution in [0.25, 0.3) is 5.76 Å². The van der Waals surface area contributed by atoms with Crippen LogP contribution in [0.2, 0.25) is 0 Å². The predicted molar refractivity (Wildman–Crippen MR) is 145 cm³/mol. The van der Waals surface area contributed by atoms with Gasteiger partial charge in [0.25, 0.3) is 11.7 Å². The summed E-state index contributed by atoms with van der Waals surface area (Å²) < 4.78 is 10.7. The molecule has 1 saturated heterocycles. The smallest absolute Gasteiger partial charge is 0.310 e. The van der Waals surface area contributed by atoms with Gasteiger partial charge in [-0.05, 0) is 75.2 Å². The zero-order valence-corrected chi connectivity index (χ0v) is 21.9. The van der Waals surface area contributed by atoms with Crippen molar-refractivity contribution in [3.8, 4) is 5.75 Å². The number of amides is 1. The minimum absolute atomic E-state index is 0.00808. The molecule has 7 heteroatoms. The van der Waals surface area contributed by atoms with Crippen LogP contribution in [0.15, 0.2) is 78.4 Å². The Bertz CT molecular complexity index is 1370. The van der Waals surface area contributed by atoms with E-state index in [0.29, 0.717) is 29.2 Å². The van der Waals surface area contributed by atoms with Gasteiger partial charge in [0.15, 0.2) is 0 Å². The van der Waals surface area contributed by atoms with Crippen LogP contribution in [0.3, 0.4) is 0 Å². The lowest BCUT2D eigenvalue weighted by Gasteiger charge is -2.26. The van der Waals surface area contributed by atoms with Crippen molar-refractivity contribution >= 4 is 29.1 Å². The highest BCUT2D eigenvalue weighted by Crippen LogP contribution is 2.42. The molecule has 3 aromatic rings. The summed E-state index contributed by atoms with van der Waals surface area (Å²) in [5.41, 5.74) is 3.26. The van der Waals surface area contributed by atoms with Crippen LogP contribution in [0.1, 0.15) is 49.1 Å². The molecule has 1 aliphatic rings. The molecule has 38 heavy (non-hydrogen) atoms. The lowest BCUT2D eigenvalue weighted by Crippen LogP contribution is -2.29. The Labute approximate surface area is 222 Å². The van der Waals surface area contributed by atoms with Crippen molar-refractivity contribution < 1.29 is 29.0 Å². The molecule has 1 N–H and O–H groups in total. The standard InChI is InChI=1S/C31H31NO6/c1-5-37-26(33)18-21-9-13-24(14-10-21)32-28(23-8-6-7-20(4)17-23)27(30(35)31(32)36)29(34)22-11-15-25(16-12-22)38-19(2)3/h6-17,19,28,34H,5,18H2,1-4H3/b29-27-. The third kappa shape index (κ3) is 5.62. The van der Waals surface area contributed by atoms with E-state index in [1.54, 1.807) is 55.5 Å². The summed E-state index contributed by atoms with van der Waals surface area (Å²) in [7, 11) is 0. The first-order valence-corrected chi connectivity index (χ1v) is 12.6. The maximum absolute atomic E-state index is 13.4. The van der Waals surface area contributed by atoms with Gasteiger partial charge in [0, 0.05) is 11.3 Å². The molecule has 196 valence electrons. The molecule has 7 nitrogen and oxygen atoms in total.